The van der Waals surface area contributed by atoms with Crippen molar-refractivity contribution in [2.75, 3.05) is 13.1 Å². The number of benzene rings is 1. The maximum absolute atomic E-state index is 12.4. The maximum atomic E-state index is 12.4. The Morgan fingerprint density at radius 1 is 1.29 bits per heavy atom. The minimum Gasteiger partial charge on any atom is -0.353 e. The predicted octanol–water partition coefficient (Wildman–Crippen LogP) is 2.06. The third-order valence-electron chi connectivity index (χ3n) is 3.63. The first-order valence-electron chi connectivity index (χ1n) is 8.11. The van der Waals surface area contributed by atoms with Gasteiger partial charge in [0.05, 0.1) is 0 Å². The highest BCUT2D eigenvalue weighted by Crippen LogP contribution is 2.18. The molecule has 0 saturated heterocycles. The number of amides is 1. The van der Waals surface area contributed by atoms with Gasteiger partial charge in [0.2, 0.25) is 11.7 Å². The number of rotatable bonds is 8. The van der Waals surface area contributed by atoms with Gasteiger partial charge in [-0.1, -0.05) is 25.4 Å². The fourth-order valence-electron chi connectivity index (χ4n) is 2.32. The van der Waals surface area contributed by atoms with Crippen LogP contribution in [0.5, 0.6) is 0 Å². The van der Waals surface area contributed by atoms with Gasteiger partial charge in [-0.15, -0.1) is 10.2 Å². The lowest BCUT2D eigenvalue weighted by molar-refractivity contribution is -0.125. The molecule has 0 aliphatic carbocycles. The van der Waals surface area contributed by atoms with E-state index in [1.165, 1.54) is 4.80 Å². The zero-order valence-corrected chi connectivity index (χ0v) is 14.9. The Kier molecular flexibility index (Phi) is 6.69. The molecule has 130 valence electrons. The van der Waals surface area contributed by atoms with Crippen LogP contribution in [0.1, 0.15) is 33.2 Å². The average molecular weight is 351 g/mol. The summed E-state index contributed by atoms with van der Waals surface area (Å²) in [5, 5.41) is 19.2. The lowest BCUT2D eigenvalue weighted by Gasteiger charge is -2.17. The summed E-state index contributed by atoms with van der Waals surface area (Å²) in [6.45, 7) is 7.40. The number of aromatic nitrogens is 4. The molecule has 2 N–H and O–H groups in total. The quantitative estimate of drug-likeness (QED) is 0.761. The van der Waals surface area contributed by atoms with Gasteiger partial charge in [0, 0.05) is 23.2 Å². The molecule has 2 aromatic rings. The van der Waals surface area contributed by atoms with E-state index in [0.717, 1.165) is 12.1 Å². The van der Waals surface area contributed by atoms with Crippen molar-refractivity contribution in [3.63, 3.8) is 0 Å². The second-order valence-electron chi connectivity index (χ2n) is 5.57. The Balaban J connectivity index is 2.05. The number of halogens is 1. The van der Waals surface area contributed by atoms with Crippen molar-refractivity contribution in [2.24, 2.45) is 0 Å². The molecule has 0 spiro atoms. The fraction of sp³-hybridized carbons (Fsp3) is 0.500. The number of nitrogens with one attached hydrogen (secondary N) is 2. The van der Waals surface area contributed by atoms with Crippen LogP contribution in [0.15, 0.2) is 24.3 Å². The molecule has 0 saturated carbocycles. The van der Waals surface area contributed by atoms with Crippen molar-refractivity contribution in [1.82, 2.24) is 30.8 Å². The Hall–Kier alpha value is -1.99. The highest BCUT2D eigenvalue weighted by Gasteiger charge is 2.22. The highest BCUT2D eigenvalue weighted by molar-refractivity contribution is 6.30. The van der Waals surface area contributed by atoms with Crippen LogP contribution in [0, 0.1) is 0 Å². The molecule has 2 rings (SSSR count). The Labute approximate surface area is 146 Å². The molecule has 0 bridgehead atoms. The second kappa shape index (κ2) is 8.75. The lowest BCUT2D eigenvalue weighted by Crippen LogP contribution is -2.42. The number of nitrogens with zero attached hydrogens (tertiary/aromatic N) is 4. The molecule has 1 amide bonds. The first kappa shape index (κ1) is 18.4. The summed E-state index contributed by atoms with van der Waals surface area (Å²) in [6, 6.07) is 6.91. The highest BCUT2D eigenvalue weighted by atomic mass is 35.5. The number of carbonyl (C=O) groups is 1. The number of likely N-dealkylation sites (N-methyl/N-ethyl adjacent to an activating group) is 1. The third-order valence-corrected chi connectivity index (χ3v) is 3.89. The summed E-state index contributed by atoms with van der Waals surface area (Å²) in [5.74, 6) is 0.362. The maximum Gasteiger partial charge on any atom is 0.246 e. The van der Waals surface area contributed by atoms with Gasteiger partial charge >= 0.3 is 0 Å². The zero-order valence-electron chi connectivity index (χ0n) is 14.2. The van der Waals surface area contributed by atoms with Gasteiger partial charge in [0.15, 0.2) is 6.04 Å². The zero-order chi connectivity index (χ0) is 17.5. The molecule has 8 heteroatoms. The van der Waals surface area contributed by atoms with Gasteiger partial charge in [0.25, 0.3) is 0 Å². The van der Waals surface area contributed by atoms with Crippen LogP contribution in [0.3, 0.4) is 0 Å². The average Bonchev–Trinajstić information content (AvgIpc) is 3.04. The standard InChI is InChI=1S/C16H23ClN6O/c1-4-14(16(24)19-10-11(3)18-5-2)23-21-15(20-22-23)12-6-8-13(17)9-7-12/h6-9,11,14,18H,4-5,10H2,1-3H3,(H,19,24)/t11-,14?/m1/s1. The van der Waals surface area contributed by atoms with Crippen LogP contribution in [-0.2, 0) is 4.79 Å². The normalized spacial score (nSPS) is 13.5. The van der Waals surface area contributed by atoms with E-state index in [-0.39, 0.29) is 11.9 Å². The van der Waals surface area contributed by atoms with E-state index in [1.807, 2.05) is 32.9 Å². The Morgan fingerprint density at radius 2 is 2.00 bits per heavy atom. The smallest absolute Gasteiger partial charge is 0.246 e. The number of tetrazole rings is 1. The van der Waals surface area contributed by atoms with Gasteiger partial charge in [-0.25, -0.2) is 0 Å². The van der Waals surface area contributed by atoms with Crippen LogP contribution in [0.4, 0.5) is 0 Å². The molecular weight excluding hydrogens is 328 g/mol. The van der Waals surface area contributed by atoms with Crippen molar-refractivity contribution in [3.05, 3.63) is 29.3 Å². The van der Waals surface area contributed by atoms with E-state index in [2.05, 4.69) is 26.0 Å². The van der Waals surface area contributed by atoms with E-state index in [4.69, 9.17) is 11.6 Å². The van der Waals surface area contributed by atoms with E-state index in [0.29, 0.717) is 23.8 Å². The van der Waals surface area contributed by atoms with Crippen molar-refractivity contribution in [3.8, 4) is 11.4 Å². The summed E-state index contributed by atoms with van der Waals surface area (Å²) in [6.07, 6.45) is 0.581. The van der Waals surface area contributed by atoms with E-state index in [1.54, 1.807) is 12.1 Å². The van der Waals surface area contributed by atoms with Gasteiger partial charge in [-0.2, -0.15) is 4.80 Å². The van der Waals surface area contributed by atoms with Gasteiger partial charge in [-0.05, 0) is 49.4 Å². The molecule has 1 heterocycles. The monoisotopic (exact) mass is 350 g/mol. The minimum absolute atomic E-state index is 0.109. The molecule has 1 aromatic heterocycles. The summed E-state index contributed by atoms with van der Waals surface area (Å²) >= 11 is 5.88. The largest absolute Gasteiger partial charge is 0.353 e. The topological polar surface area (TPSA) is 84.7 Å². The number of carbonyl (C=O) groups excluding carboxylic acids is 1. The first-order chi connectivity index (χ1) is 11.5. The lowest BCUT2D eigenvalue weighted by atomic mass is 10.2. The molecule has 0 radical (unpaired) electrons. The predicted molar refractivity (Wildman–Crippen MR) is 93.7 cm³/mol. The van der Waals surface area contributed by atoms with Crippen LogP contribution < -0.4 is 10.6 Å². The van der Waals surface area contributed by atoms with Gasteiger partial charge in [0.1, 0.15) is 0 Å². The molecule has 7 nitrogen and oxygen atoms in total. The van der Waals surface area contributed by atoms with E-state index in [9.17, 15) is 4.79 Å². The van der Waals surface area contributed by atoms with Crippen molar-refractivity contribution in [1.29, 1.82) is 0 Å². The fourth-order valence-corrected chi connectivity index (χ4v) is 2.44. The summed E-state index contributed by atoms with van der Waals surface area (Å²) in [5.41, 5.74) is 0.807. The Bertz CT molecular complexity index is 657. The first-order valence-corrected chi connectivity index (χ1v) is 8.49. The summed E-state index contributed by atoms with van der Waals surface area (Å²) in [7, 11) is 0. The molecule has 0 aliphatic heterocycles. The molecule has 0 fully saturated rings. The van der Waals surface area contributed by atoms with E-state index < -0.39 is 6.04 Å². The molecule has 1 aromatic carbocycles. The third kappa shape index (κ3) is 4.75. The van der Waals surface area contributed by atoms with Crippen molar-refractivity contribution >= 4 is 17.5 Å². The molecule has 2 atom stereocenters. The second-order valence-corrected chi connectivity index (χ2v) is 6.00. The molecule has 24 heavy (non-hydrogen) atoms. The van der Waals surface area contributed by atoms with Crippen molar-refractivity contribution in [2.45, 2.75) is 39.3 Å². The Morgan fingerprint density at radius 3 is 2.62 bits per heavy atom. The van der Waals surface area contributed by atoms with Gasteiger partial charge < -0.3 is 10.6 Å². The summed E-state index contributed by atoms with van der Waals surface area (Å²) in [4.78, 5) is 13.8. The SMILES string of the molecule is CCN[C@H](C)CNC(=O)C(CC)n1nnc(-c2ccc(Cl)cc2)n1. The molecule has 0 aliphatic rings. The van der Waals surface area contributed by atoms with Crippen LogP contribution in [-0.4, -0.2) is 45.2 Å². The molecule has 1 unspecified atom stereocenters. The molecular formula is C16H23ClN6O. The van der Waals surface area contributed by atoms with Crippen LogP contribution in [0.2, 0.25) is 5.02 Å². The number of hydrogen-bond donors (Lipinski definition) is 2. The minimum atomic E-state index is -0.479. The van der Waals surface area contributed by atoms with Crippen LogP contribution >= 0.6 is 11.6 Å². The number of hydrogen-bond acceptors (Lipinski definition) is 5. The summed E-state index contributed by atoms with van der Waals surface area (Å²) < 4.78 is 0. The van der Waals surface area contributed by atoms with Gasteiger partial charge in [-0.3, -0.25) is 4.79 Å². The van der Waals surface area contributed by atoms with E-state index >= 15 is 0 Å². The van der Waals surface area contributed by atoms with Crippen molar-refractivity contribution < 1.29 is 4.79 Å². The van der Waals surface area contributed by atoms with Crippen LogP contribution in [0.25, 0.3) is 11.4 Å².